The molecule has 63 heavy (non-hydrogen) atoms. The summed E-state index contributed by atoms with van der Waals surface area (Å²) in [7, 11) is 0. The van der Waals surface area contributed by atoms with E-state index >= 15 is 0 Å². The molecule has 19 heteroatoms. The van der Waals surface area contributed by atoms with Crippen LogP contribution in [0.5, 0.6) is 11.5 Å². The molecule has 324 valence electrons. The smallest absolute Gasteiger partial charge is 0.172 e. The first-order valence-corrected chi connectivity index (χ1v) is 18.7. The van der Waals surface area contributed by atoms with E-state index < -0.39 is 69.5 Å². The van der Waals surface area contributed by atoms with Gasteiger partial charge < -0.3 is 21.3 Å². The second kappa shape index (κ2) is 20.6. The number of nitrogen functional groups attached to an aromatic ring is 1. The van der Waals surface area contributed by atoms with Gasteiger partial charge in [-0.05, 0) is 55.3 Å². The van der Waals surface area contributed by atoms with Crippen LogP contribution in [0.25, 0.3) is 21.8 Å². The molecule has 0 radical (unpaired) electrons. The number of rotatable bonds is 5. The number of aromatic hydroxyl groups is 2. The number of fused-ring (bicyclic) bond motifs is 2. The van der Waals surface area contributed by atoms with Crippen LogP contribution in [0, 0.1) is 60.4 Å². The zero-order valence-corrected chi connectivity index (χ0v) is 33.9. The summed E-state index contributed by atoms with van der Waals surface area (Å²) in [4.78, 5) is 25.9. The lowest BCUT2D eigenvalue weighted by atomic mass is 9.95. The molecule has 4 heterocycles. The minimum Gasteiger partial charge on any atom is -0.506 e. The van der Waals surface area contributed by atoms with Crippen molar-refractivity contribution < 1.29 is 50.1 Å². The van der Waals surface area contributed by atoms with Crippen molar-refractivity contribution in [3.63, 3.8) is 0 Å². The zero-order chi connectivity index (χ0) is 46.1. The summed E-state index contributed by atoms with van der Waals surface area (Å²) in [5.74, 6) is -12.4. The molecule has 0 spiro atoms. The molecule has 4 aromatic carbocycles. The number of nitrogens with zero attached hydrogens (tertiary/aromatic N) is 4. The summed E-state index contributed by atoms with van der Waals surface area (Å²) < 4.78 is 107. The Hall–Kier alpha value is -7.11. The maximum atomic E-state index is 14.7. The highest BCUT2D eigenvalue weighted by atomic mass is 35.5. The number of nitrogens with two attached hydrogens (primary N) is 1. The van der Waals surface area contributed by atoms with Crippen molar-refractivity contribution >= 4 is 62.9 Å². The number of carbonyl (C=O) groups is 1. The molecule has 1 unspecified atom stereocenters. The Morgan fingerprint density at radius 3 is 1.67 bits per heavy atom. The summed E-state index contributed by atoms with van der Waals surface area (Å²) in [6, 6.07) is 17.3. The van der Waals surface area contributed by atoms with Gasteiger partial charge in [0.2, 0.25) is 0 Å². The minimum atomic E-state index is -1.68. The Bertz CT molecular complexity index is 2910. The summed E-state index contributed by atoms with van der Waals surface area (Å²) in [5, 5.41) is 25.4. The molecule has 8 aromatic rings. The molecule has 5 N–H and O–H groups in total. The molecule has 0 aliphatic carbocycles. The third-order valence-electron chi connectivity index (χ3n) is 8.81. The van der Waals surface area contributed by atoms with Gasteiger partial charge in [0.05, 0.1) is 27.2 Å². The van der Waals surface area contributed by atoms with Crippen LogP contribution in [0.4, 0.5) is 46.8 Å². The van der Waals surface area contributed by atoms with E-state index in [1.54, 1.807) is 55.7 Å². The van der Waals surface area contributed by atoms with Crippen molar-refractivity contribution in [3.05, 3.63) is 188 Å². The summed E-state index contributed by atoms with van der Waals surface area (Å²) in [6.07, 6.45) is 5.68. The molecule has 4 aromatic heterocycles. The number of phenolic OH excluding ortho intramolecular Hbond substituents is 2. The number of halogens is 10. The van der Waals surface area contributed by atoms with Gasteiger partial charge in [-0.3, -0.25) is 14.8 Å². The van der Waals surface area contributed by atoms with Gasteiger partial charge in [0.1, 0.15) is 34.2 Å². The van der Waals surface area contributed by atoms with Crippen molar-refractivity contribution in [1.29, 1.82) is 0 Å². The van der Waals surface area contributed by atoms with Crippen LogP contribution < -0.4 is 11.1 Å². The second-order valence-corrected chi connectivity index (χ2v) is 13.9. The predicted octanol–water partition coefficient (Wildman–Crippen LogP) is 11.7. The number of para-hydroxylation sites is 1. The summed E-state index contributed by atoms with van der Waals surface area (Å²) in [6.45, 7) is 3.57. The number of hydrogen-bond donors (Lipinski definition) is 4. The van der Waals surface area contributed by atoms with Crippen LogP contribution >= 0.6 is 23.2 Å². The number of carbonyl (C=O) groups excluding carboxylic acids is 1. The number of aryl methyl sites for hydroxylation is 2. The molecule has 0 aliphatic heterocycles. The maximum Gasteiger partial charge on any atom is 0.172 e. The van der Waals surface area contributed by atoms with Gasteiger partial charge >= 0.3 is 0 Å². The van der Waals surface area contributed by atoms with Gasteiger partial charge in [-0.25, -0.2) is 45.1 Å². The van der Waals surface area contributed by atoms with E-state index in [-0.39, 0.29) is 41.1 Å². The van der Waals surface area contributed by atoms with E-state index in [1.807, 2.05) is 25.1 Å². The maximum absolute atomic E-state index is 14.7. The highest BCUT2D eigenvalue weighted by molar-refractivity contribution is 6.31. The average Bonchev–Trinajstić information content (AvgIpc) is 3.26. The molecular formula is C44H30Cl2F8N6O3. The molecule has 0 bridgehead atoms. The lowest BCUT2D eigenvalue weighted by Crippen LogP contribution is -2.19. The predicted molar refractivity (Wildman–Crippen MR) is 223 cm³/mol. The molecule has 1 atom stereocenters. The largest absolute Gasteiger partial charge is 0.506 e. The third kappa shape index (κ3) is 11.0. The Labute approximate surface area is 362 Å². The molecule has 9 nitrogen and oxygen atoms in total. The fourth-order valence-corrected chi connectivity index (χ4v) is 5.85. The van der Waals surface area contributed by atoms with Crippen LogP contribution in [0.2, 0.25) is 10.0 Å². The number of phenols is 2. The van der Waals surface area contributed by atoms with E-state index in [0.717, 1.165) is 10.9 Å². The van der Waals surface area contributed by atoms with Crippen LogP contribution in [-0.2, 0) is 0 Å². The lowest BCUT2D eigenvalue weighted by Gasteiger charge is -2.23. The Morgan fingerprint density at radius 2 is 1.14 bits per heavy atom. The normalized spacial score (nSPS) is 11.0. The van der Waals surface area contributed by atoms with Crippen molar-refractivity contribution in [2.24, 2.45) is 0 Å². The average molecular weight is 914 g/mol. The van der Waals surface area contributed by atoms with E-state index in [4.69, 9.17) is 28.9 Å². The standard InChI is InChI=1S/C22H14ClF4N3O.C9H7NO.C7H2F4O.C6H7ClN2/c1-10-7-16(29-9-13(10)23)30-21(17-18(26)14(24)8-15(25)19(17)27)12-5-4-11-3-2-6-28-20(11)22(12)31;11-8-5-1-3-7-4-2-6-10-9(7)8;8-4-1-5(9)7(11)3(2-12)6(4)10;1-4-2-6(8)9-3-5(4)7/h2-9,21,31H,1H3,(H,29,30);1-6,11H;1-2H;2-3H,1H3,(H2,8,9). The number of hydrogen-bond acceptors (Lipinski definition) is 9. The first-order chi connectivity index (χ1) is 29.9. The van der Waals surface area contributed by atoms with Crippen molar-refractivity contribution in [2.75, 3.05) is 11.1 Å². The van der Waals surface area contributed by atoms with Crippen LogP contribution in [0.3, 0.4) is 0 Å². The topological polar surface area (TPSA) is 147 Å². The van der Waals surface area contributed by atoms with Gasteiger partial charge in [0.15, 0.2) is 52.8 Å². The van der Waals surface area contributed by atoms with E-state index in [0.29, 0.717) is 32.3 Å². The monoisotopic (exact) mass is 912 g/mol. The third-order valence-corrected chi connectivity index (χ3v) is 9.60. The van der Waals surface area contributed by atoms with Crippen molar-refractivity contribution in [1.82, 2.24) is 19.9 Å². The van der Waals surface area contributed by atoms with Crippen molar-refractivity contribution in [3.8, 4) is 11.5 Å². The first kappa shape index (κ1) is 46.9. The quantitative estimate of drug-likeness (QED) is 0.0752. The Balaban J connectivity index is 0.000000189. The highest BCUT2D eigenvalue weighted by Gasteiger charge is 2.30. The molecule has 0 saturated carbocycles. The fourth-order valence-electron chi connectivity index (χ4n) is 5.64. The molecule has 0 fully saturated rings. The van der Waals surface area contributed by atoms with Gasteiger partial charge in [0, 0.05) is 53.3 Å². The van der Waals surface area contributed by atoms with Gasteiger partial charge in [-0.1, -0.05) is 59.6 Å². The SMILES string of the molecule is Cc1cc(N)ncc1Cl.Cc1cc(NC(c2ccc3cccnc3c2O)c2c(F)c(F)cc(F)c2F)ncc1Cl.O=Cc1c(F)c(F)cc(F)c1F.Oc1cccc2cccnc12. The fraction of sp³-hybridized carbons (Fsp3) is 0.0682. The Morgan fingerprint density at radius 1 is 0.635 bits per heavy atom. The van der Waals surface area contributed by atoms with E-state index in [2.05, 4.69) is 25.3 Å². The van der Waals surface area contributed by atoms with E-state index in [9.17, 15) is 50.1 Å². The van der Waals surface area contributed by atoms with E-state index in [1.165, 1.54) is 24.5 Å². The van der Waals surface area contributed by atoms with Crippen LogP contribution in [-0.4, -0.2) is 36.4 Å². The number of benzene rings is 4. The highest BCUT2D eigenvalue weighted by Crippen LogP contribution is 2.39. The van der Waals surface area contributed by atoms with Gasteiger partial charge in [-0.15, -0.1) is 0 Å². The van der Waals surface area contributed by atoms with Crippen molar-refractivity contribution in [2.45, 2.75) is 19.9 Å². The van der Waals surface area contributed by atoms with Crippen LogP contribution in [0.1, 0.15) is 38.7 Å². The zero-order valence-electron chi connectivity index (χ0n) is 32.4. The summed E-state index contributed by atoms with van der Waals surface area (Å²) >= 11 is 11.6. The number of aromatic nitrogens is 4. The van der Waals surface area contributed by atoms with Gasteiger partial charge in [-0.2, -0.15) is 0 Å². The first-order valence-electron chi connectivity index (χ1n) is 17.9. The van der Waals surface area contributed by atoms with Crippen LogP contribution in [0.15, 0.2) is 104 Å². The number of nitrogens with one attached hydrogen (secondary N) is 1. The second-order valence-electron chi connectivity index (χ2n) is 13.1. The number of aldehydes is 1. The molecular weight excluding hydrogens is 883 g/mol. The Kier molecular flexibility index (Phi) is 15.4. The molecule has 8 rings (SSSR count). The molecule has 0 amide bonds. The number of anilines is 2. The lowest BCUT2D eigenvalue weighted by molar-refractivity contribution is 0.111. The molecule has 0 saturated heterocycles. The number of pyridine rings is 4. The molecule has 0 aliphatic rings. The van der Waals surface area contributed by atoms with Gasteiger partial charge in [0.25, 0.3) is 0 Å². The minimum absolute atomic E-state index is 0.0394. The summed E-state index contributed by atoms with van der Waals surface area (Å²) in [5.41, 5.74) is 5.52.